The lowest BCUT2D eigenvalue weighted by Gasteiger charge is -2.11. The van der Waals surface area contributed by atoms with Gasteiger partial charge >= 0.3 is 5.97 Å². The Hall–Kier alpha value is -2.94. The van der Waals surface area contributed by atoms with E-state index in [4.69, 9.17) is 4.74 Å². The van der Waals surface area contributed by atoms with Crippen molar-refractivity contribution in [1.29, 1.82) is 0 Å². The summed E-state index contributed by atoms with van der Waals surface area (Å²) in [5.41, 5.74) is 2.22. The molecule has 146 valence electrons. The number of benzene rings is 1. The molecule has 1 fully saturated rings. The molecule has 0 spiro atoms. The number of carbonyl (C=O) groups is 1. The zero-order valence-electron chi connectivity index (χ0n) is 15.4. The molecular formula is C19H19N3O5S. The van der Waals surface area contributed by atoms with Crippen molar-refractivity contribution in [2.45, 2.75) is 19.4 Å². The molecule has 4 rings (SSSR count). The van der Waals surface area contributed by atoms with Crippen LogP contribution < -0.4 is 4.74 Å². The fraction of sp³-hybridized carbons (Fsp3) is 0.316. The Morgan fingerprint density at radius 2 is 2.00 bits per heavy atom. The number of aromatic carboxylic acids is 1. The van der Waals surface area contributed by atoms with Gasteiger partial charge in [0.1, 0.15) is 5.75 Å². The zero-order valence-corrected chi connectivity index (χ0v) is 16.2. The molecule has 0 unspecified atom stereocenters. The van der Waals surface area contributed by atoms with E-state index in [1.165, 1.54) is 6.07 Å². The summed E-state index contributed by atoms with van der Waals surface area (Å²) < 4.78 is 30.6. The molecular weight excluding hydrogens is 382 g/mol. The van der Waals surface area contributed by atoms with Gasteiger partial charge < -0.3 is 9.84 Å². The maximum absolute atomic E-state index is 11.9. The van der Waals surface area contributed by atoms with Crippen molar-refractivity contribution < 1.29 is 23.1 Å². The molecule has 0 amide bonds. The van der Waals surface area contributed by atoms with Crippen molar-refractivity contribution in [1.82, 2.24) is 14.8 Å². The molecule has 1 aliphatic heterocycles. The molecule has 1 saturated heterocycles. The summed E-state index contributed by atoms with van der Waals surface area (Å²) in [4.78, 5) is 16.6. The van der Waals surface area contributed by atoms with Crippen LogP contribution >= 0.6 is 0 Å². The normalized spacial score (nSPS) is 18.4. The number of sulfone groups is 1. The van der Waals surface area contributed by atoms with Crippen molar-refractivity contribution in [3.63, 3.8) is 0 Å². The zero-order chi connectivity index (χ0) is 20.1. The predicted molar refractivity (Wildman–Crippen MR) is 104 cm³/mol. The maximum atomic E-state index is 11.9. The van der Waals surface area contributed by atoms with Gasteiger partial charge in [0.05, 0.1) is 47.0 Å². The fourth-order valence-corrected chi connectivity index (χ4v) is 5.31. The Labute approximate surface area is 161 Å². The van der Waals surface area contributed by atoms with Crippen LogP contribution in [0.15, 0.2) is 30.3 Å². The van der Waals surface area contributed by atoms with E-state index in [1.54, 1.807) is 43.0 Å². The van der Waals surface area contributed by atoms with Crippen molar-refractivity contribution >= 4 is 26.8 Å². The van der Waals surface area contributed by atoms with Crippen LogP contribution in [-0.2, 0) is 9.84 Å². The second kappa shape index (κ2) is 6.59. The maximum Gasteiger partial charge on any atom is 0.336 e. The first-order chi connectivity index (χ1) is 13.3. The summed E-state index contributed by atoms with van der Waals surface area (Å²) in [6, 6.07) is 8.32. The third-order valence-corrected chi connectivity index (χ3v) is 6.76. The first-order valence-electron chi connectivity index (χ1n) is 8.77. The van der Waals surface area contributed by atoms with E-state index in [0.717, 1.165) is 5.56 Å². The molecule has 0 saturated carbocycles. The number of aromatic nitrogens is 3. The van der Waals surface area contributed by atoms with Crippen molar-refractivity contribution in [3.05, 3.63) is 41.6 Å². The van der Waals surface area contributed by atoms with E-state index >= 15 is 0 Å². The van der Waals surface area contributed by atoms with Gasteiger partial charge in [-0.1, -0.05) is 0 Å². The van der Waals surface area contributed by atoms with E-state index in [2.05, 4.69) is 10.1 Å². The first-order valence-corrected chi connectivity index (χ1v) is 10.6. The number of carboxylic acid groups (broad SMARTS) is 1. The number of hydrogen-bond donors (Lipinski definition) is 1. The second-order valence-electron chi connectivity index (χ2n) is 6.87. The first kappa shape index (κ1) is 18.4. The van der Waals surface area contributed by atoms with E-state index in [0.29, 0.717) is 34.6 Å². The molecule has 1 atom stereocenters. The van der Waals surface area contributed by atoms with Crippen molar-refractivity contribution in [2.75, 3.05) is 18.6 Å². The van der Waals surface area contributed by atoms with Gasteiger partial charge in [-0.05, 0) is 43.7 Å². The molecule has 2 aromatic heterocycles. The van der Waals surface area contributed by atoms with Gasteiger partial charge in [0.15, 0.2) is 15.5 Å². The molecule has 1 aromatic carbocycles. The van der Waals surface area contributed by atoms with Gasteiger partial charge in [0.25, 0.3) is 0 Å². The van der Waals surface area contributed by atoms with Crippen LogP contribution in [0.1, 0.15) is 28.5 Å². The Morgan fingerprint density at radius 1 is 1.29 bits per heavy atom. The standard InChI is InChI=1S/C19H19N3O5S/c1-11-17-15(19(23)24)9-16(12-3-5-14(27-2)6-4-12)20-18(17)22(21-11)13-7-8-28(25,26)10-13/h3-6,9,13H,7-8,10H2,1-2H3,(H,23,24)/t13-/m1/s1. The largest absolute Gasteiger partial charge is 0.497 e. The SMILES string of the molecule is COc1ccc(-c2cc(C(=O)O)c3c(C)nn([C@@H]4CCS(=O)(=O)C4)c3n2)cc1. The Kier molecular flexibility index (Phi) is 4.34. The van der Waals surface area contributed by atoms with Gasteiger partial charge in [-0.2, -0.15) is 5.10 Å². The van der Waals surface area contributed by atoms with E-state index in [-0.39, 0.29) is 23.1 Å². The molecule has 0 aliphatic carbocycles. The highest BCUT2D eigenvalue weighted by molar-refractivity contribution is 7.91. The second-order valence-corrected chi connectivity index (χ2v) is 9.10. The van der Waals surface area contributed by atoms with Crippen LogP contribution in [0.25, 0.3) is 22.3 Å². The van der Waals surface area contributed by atoms with Crippen LogP contribution in [0.5, 0.6) is 5.75 Å². The van der Waals surface area contributed by atoms with E-state index in [9.17, 15) is 18.3 Å². The van der Waals surface area contributed by atoms with E-state index in [1.807, 2.05) is 0 Å². The minimum Gasteiger partial charge on any atom is -0.497 e. The molecule has 9 heteroatoms. The number of pyridine rings is 1. The van der Waals surface area contributed by atoms with Crippen molar-refractivity contribution in [3.8, 4) is 17.0 Å². The third kappa shape index (κ3) is 3.11. The molecule has 28 heavy (non-hydrogen) atoms. The minimum atomic E-state index is -3.12. The summed E-state index contributed by atoms with van der Waals surface area (Å²) in [6.07, 6.45) is 0.440. The highest BCUT2D eigenvalue weighted by Gasteiger charge is 2.32. The predicted octanol–water partition coefficient (Wildman–Crippen LogP) is 2.47. The summed E-state index contributed by atoms with van der Waals surface area (Å²) in [7, 11) is -1.55. The monoisotopic (exact) mass is 401 g/mol. The number of carboxylic acids is 1. The summed E-state index contributed by atoms with van der Waals surface area (Å²) in [5, 5.41) is 14.6. The lowest BCUT2D eigenvalue weighted by molar-refractivity contribution is 0.0699. The highest BCUT2D eigenvalue weighted by atomic mass is 32.2. The summed E-state index contributed by atoms with van der Waals surface area (Å²) >= 11 is 0. The number of aryl methyl sites for hydroxylation is 1. The Morgan fingerprint density at radius 3 is 2.57 bits per heavy atom. The molecule has 1 N–H and O–H groups in total. The molecule has 1 aliphatic rings. The number of methoxy groups -OCH3 is 1. The quantitative estimate of drug-likeness (QED) is 0.715. The van der Waals surface area contributed by atoms with E-state index < -0.39 is 15.8 Å². The number of nitrogens with zero attached hydrogens (tertiary/aromatic N) is 3. The van der Waals surface area contributed by atoms with Gasteiger partial charge in [0, 0.05) is 5.56 Å². The number of hydrogen-bond acceptors (Lipinski definition) is 6. The third-order valence-electron chi connectivity index (χ3n) is 5.01. The van der Waals surface area contributed by atoms with Gasteiger partial charge in [0.2, 0.25) is 0 Å². The molecule has 8 nitrogen and oxygen atoms in total. The number of fused-ring (bicyclic) bond motifs is 1. The summed E-state index contributed by atoms with van der Waals surface area (Å²) in [6.45, 7) is 1.71. The Bertz CT molecular complexity index is 1180. The molecule has 3 heterocycles. The molecule has 0 radical (unpaired) electrons. The van der Waals surface area contributed by atoms with Gasteiger partial charge in [-0.3, -0.25) is 0 Å². The molecule has 3 aromatic rings. The smallest absolute Gasteiger partial charge is 0.336 e. The molecule has 0 bridgehead atoms. The van der Waals surface area contributed by atoms with Gasteiger partial charge in [-0.25, -0.2) is 22.9 Å². The average Bonchev–Trinajstić information content (AvgIpc) is 3.20. The van der Waals surface area contributed by atoms with Crippen LogP contribution in [0, 0.1) is 6.92 Å². The van der Waals surface area contributed by atoms with Crippen LogP contribution in [0.3, 0.4) is 0 Å². The topological polar surface area (TPSA) is 111 Å². The minimum absolute atomic E-state index is 0.0138. The lowest BCUT2D eigenvalue weighted by Crippen LogP contribution is -2.13. The number of ether oxygens (including phenoxy) is 1. The van der Waals surface area contributed by atoms with Crippen LogP contribution in [0.2, 0.25) is 0 Å². The number of rotatable bonds is 4. The fourth-order valence-electron chi connectivity index (χ4n) is 3.61. The highest BCUT2D eigenvalue weighted by Crippen LogP contribution is 2.32. The summed E-state index contributed by atoms with van der Waals surface area (Å²) in [5.74, 6) is -0.313. The van der Waals surface area contributed by atoms with Crippen molar-refractivity contribution in [2.24, 2.45) is 0 Å². The lowest BCUT2D eigenvalue weighted by atomic mass is 10.1. The van der Waals surface area contributed by atoms with Crippen LogP contribution in [-0.4, -0.2) is 52.9 Å². The van der Waals surface area contributed by atoms with Gasteiger partial charge in [-0.15, -0.1) is 0 Å². The average molecular weight is 401 g/mol. The van der Waals surface area contributed by atoms with Crippen LogP contribution in [0.4, 0.5) is 0 Å². The Balaban J connectivity index is 1.93.